The number of thioether (sulfide) groups is 1. The minimum atomic E-state index is -1.57. The Morgan fingerprint density at radius 2 is 1.36 bits per heavy atom. The van der Waals surface area contributed by atoms with Gasteiger partial charge < -0.3 is 53.9 Å². The molecule has 2 aromatic rings. The summed E-state index contributed by atoms with van der Waals surface area (Å²) in [7, 11) is 0. The predicted octanol–water partition coefficient (Wildman–Crippen LogP) is -0.561. The van der Waals surface area contributed by atoms with Gasteiger partial charge in [0.2, 0.25) is 41.4 Å². The molecule has 8 atom stereocenters. The molecule has 0 radical (unpaired) electrons. The van der Waals surface area contributed by atoms with Crippen LogP contribution in [0.15, 0.2) is 30.5 Å². The zero-order valence-electron chi connectivity index (χ0n) is 32.5. The zero-order chi connectivity index (χ0) is 41.4. The van der Waals surface area contributed by atoms with Gasteiger partial charge in [-0.1, -0.05) is 59.2 Å². The summed E-state index contributed by atoms with van der Waals surface area (Å²) in [5.74, 6) is -5.03. The second-order valence-electron chi connectivity index (χ2n) is 14.1. The van der Waals surface area contributed by atoms with Crippen molar-refractivity contribution in [3.8, 4) is 0 Å². The summed E-state index contributed by atoms with van der Waals surface area (Å²) in [5, 5.41) is 24.4. The molecule has 0 aliphatic rings. The van der Waals surface area contributed by atoms with E-state index < -0.39 is 89.6 Å². The summed E-state index contributed by atoms with van der Waals surface area (Å²) in [6.45, 7) is 10.4. The molecule has 1 aromatic carbocycles. The highest BCUT2D eigenvalue weighted by Gasteiger charge is 2.36. The molecule has 2 unspecified atom stereocenters. The van der Waals surface area contributed by atoms with Gasteiger partial charge in [0.15, 0.2) is 0 Å². The van der Waals surface area contributed by atoms with Crippen LogP contribution in [0.3, 0.4) is 0 Å². The van der Waals surface area contributed by atoms with Gasteiger partial charge in [-0.2, -0.15) is 11.8 Å². The summed E-state index contributed by atoms with van der Waals surface area (Å²) in [5.41, 5.74) is 18.6. The molecule has 0 fully saturated rings. The second-order valence-corrected chi connectivity index (χ2v) is 15.5. The number of primary amides is 2. The normalized spacial score (nSPS) is 15.7. The van der Waals surface area contributed by atoms with E-state index in [4.69, 9.17) is 17.2 Å². The van der Waals surface area contributed by atoms with Crippen molar-refractivity contribution >= 4 is 64.0 Å². The van der Waals surface area contributed by atoms with Gasteiger partial charge >= 0.3 is 0 Å². The van der Waals surface area contributed by atoms with Gasteiger partial charge in [-0.15, -0.1) is 0 Å². The average molecular weight is 790 g/mol. The summed E-state index contributed by atoms with van der Waals surface area (Å²) in [4.78, 5) is 94.5. The maximum atomic E-state index is 13.8. The molecule has 0 saturated carbocycles. The fraction of sp³-hybridized carbons (Fsp3) is 0.595. The van der Waals surface area contributed by atoms with E-state index in [1.165, 1.54) is 18.7 Å². The number of aliphatic hydroxyl groups excluding tert-OH is 1. The maximum Gasteiger partial charge on any atom is 0.245 e. The molecule has 1 heterocycles. The quantitative estimate of drug-likeness (QED) is 0.0647. The van der Waals surface area contributed by atoms with Crippen molar-refractivity contribution in [1.29, 1.82) is 0 Å². The summed E-state index contributed by atoms with van der Waals surface area (Å²) in [6.07, 6.45) is 0.697. The number of H-pyrrole nitrogens is 1. The minimum Gasteiger partial charge on any atom is -0.391 e. The van der Waals surface area contributed by atoms with Crippen molar-refractivity contribution in [3.05, 3.63) is 36.0 Å². The molecule has 1 aromatic heterocycles. The van der Waals surface area contributed by atoms with Gasteiger partial charge in [0.25, 0.3) is 0 Å². The van der Waals surface area contributed by atoms with Crippen LogP contribution in [-0.2, 0) is 40.0 Å². The monoisotopic (exact) mass is 789 g/mol. The van der Waals surface area contributed by atoms with E-state index >= 15 is 0 Å². The van der Waals surface area contributed by atoms with Crippen LogP contribution in [0.25, 0.3) is 10.9 Å². The third-order valence-corrected chi connectivity index (χ3v) is 10.1. The van der Waals surface area contributed by atoms with Crippen LogP contribution in [0.4, 0.5) is 0 Å². The molecular formula is C37H59N9O8S. The molecular weight excluding hydrogens is 731 g/mol. The van der Waals surface area contributed by atoms with Gasteiger partial charge in [-0.3, -0.25) is 33.6 Å². The lowest BCUT2D eigenvalue weighted by Crippen LogP contribution is -2.62. The zero-order valence-corrected chi connectivity index (χ0v) is 33.3. The first-order chi connectivity index (χ1) is 25.9. The highest BCUT2D eigenvalue weighted by atomic mass is 32.2. The van der Waals surface area contributed by atoms with E-state index in [2.05, 4.69) is 31.6 Å². The van der Waals surface area contributed by atoms with Crippen molar-refractivity contribution < 1.29 is 38.7 Å². The first-order valence-electron chi connectivity index (χ1n) is 18.6. The van der Waals surface area contributed by atoms with E-state index in [-0.39, 0.29) is 30.9 Å². The van der Waals surface area contributed by atoms with E-state index in [0.29, 0.717) is 18.6 Å². The number of benzene rings is 1. The third-order valence-electron chi connectivity index (χ3n) is 9.11. The molecule has 0 saturated heterocycles. The Balaban J connectivity index is 2.25. The number of hydrogen-bond acceptors (Lipinski definition) is 10. The van der Waals surface area contributed by atoms with Crippen LogP contribution in [0, 0.1) is 11.8 Å². The fourth-order valence-corrected chi connectivity index (χ4v) is 6.45. The molecule has 0 bridgehead atoms. The topological polar surface area (TPSA) is 294 Å². The molecule has 2 rings (SSSR count). The predicted molar refractivity (Wildman–Crippen MR) is 211 cm³/mol. The smallest absolute Gasteiger partial charge is 0.245 e. The van der Waals surface area contributed by atoms with Gasteiger partial charge in [-0.25, -0.2) is 0 Å². The number of aromatic nitrogens is 1. The molecule has 17 nitrogen and oxygen atoms in total. The lowest BCUT2D eigenvalue weighted by atomic mass is 9.96. The van der Waals surface area contributed by atoms with Crippen LogP contribution >= 0.6 is 11.8 Å². The number of amides is 7. The highest BCUT2D eigenvalue weighted by Crippen LogP contribution is 2.19. The van der Waals surface area contributed by atoms with Crippen molar-refractivity contribution in [2.45, 2.75) is 116 Å². The summed E-state index contributed by atoms with van der Waals surface area (Å²) in [6, 6.07) is 0.121. The number of para-hydroxylation sites is 1. The van der Waals surface area contributed by atoms with Crippen LogP contribution < -0.4 is 43.8 Å². The Bertz CT molecular complexity index is 1630. The summed E-state index contributed by atoms with van der Waals surface area (Å²) < 4.78 is 0. The molecule has 13 N–H and O–H groups in total. The Hall–Kier alpha value is -4.68. The van der Waals surface area contributed by atoms with Gasteiger partial charge in [0.05, 0.1) is 12.1 Å². The van der Waals surface area contributed by atoms with Crippen LogP contribution in [0.5, 0.6) is 0 Å². The number of nitrogens with one attached hydrogen (secondary N) is 6. The van der Waals surface area contributed by atoms with Crippen molar-refractivity contribution in [1.82, 2.24) is 31.6 Å². The van der Waals surface area contributed by atoms with Gasteiger partial charge in [-0.05, 0) is 49.0 Å². The Kier molecular flexibility index (Phi) is 19.1. The summed E-state index contributed by atoms with van der Waals surface area (Å²) >= 11 is 1.34. The number of hydrogen-bond donors (Lipinski definition) is 10. The lowest BCUT2D eigenvalue weighted by Gasteiger charge is -2.30. The number of aliphatic hydroxyl groups is 1. The number of carbonyl (C=O) groups excluding carboxylic acids is 7. The SMILES string of the molecule is CCSC[C@H](NC(=O)[C@@H](NC(=O)[C@@H](NC(=O)[C@H](CCC(N)=O)NC(=O)[C@@H](N)CC(C)C)C(C)CC)C(C)O)C(=O)N[C@@H](Cc1c[nH]c2ccccc12)C(N)=O. The van der Waals surface area contributed by atoms with Gasteiger partial charge in [0, 0.05) is 35.7 Å². The van der Waals surface area contributed by atoms with Crippen molar-refractivity contribution in [2.24, 2.45) is 29.0 Å². The maximum absolute atomic E-state index is 13.8. The molecule has 7 amide bonds. The lowest BCUT2D eigenvalue weighted by molar-refractivity contribution is -0.137. The minimum absolute atomic E-state index is 0.0829. The fourth-order valence-electron chi connectivity index (χ4n) is 5.75. The first-order valence-corrected chi connectivity index (χ1v) is 19.7. The van der Waals surface area contributed by atoms with E-state index in [1.807, 2.05) is 45.0 Å². The van der Waals surface area contributed by atoms with Gasteiger partial charge in [0.1, 0.15) is 30.2 Å². The van der Waals surface area contributed by atoms with Crippen LogP contribution in [-0.4, -0.2) is 105 Å². The van der Waals surface area contributed by atoms with E-state index in [9.17, 15) is 38.7 Å². The third kappa shape index (κ3) is 14.8. The number of rotatable bonds is 24. The highest BCUT2D eigenvalue weighted by molar-refractivity contribution is 7.99. The largest absolute Gasteiger partial charge is 0.391 e. The standard InChI is InChI=1S/C37H59N9O8S/c1-7-20(5)30(45-34(51)26(13-14-29(39)48)42-33(50)24(38)15-19(3)4)36(53)46-31(21(6)47)37(54)44-28(18-55-8-2)35(52)43-27(32(40)49)16-22-17-41-25-12-10-9-11-23(22)25/h9-12,17,19-21,24,26-28,30-31,41,47H,7-8,13-16,18,38H2,1-6H3,(H2,39,48)(H2,40,49)(H,42,50)(H,43,52)(H,44,54)(H,45,51)(H,46,53)/t20?,21?,24-,26-,27-,28-,30-,31-/m0/s1. The van der Waals surface area contributed by atoms with E-state index in [1.54, 1.807) is 20.0 Å². The molecule has 0 aliphatic heterocycles. The first kappa shape index (κ1) is 46.5. The van der Waals surface area contributed by atoms with Crippen molar-refractivity contribution in [2.75, 3.05) is 11.5 Å². The molecule has 0 spiro atoms. The van der Waals surface area contributed by atoms with E-state index in [0.717, 1.165) is 16.5 Å². The number of fused-ring (bicyclic) bond motifs is 1. The molecule has 306 valence electrons. The molecule has 55 heavy (non-hydrogen) atoms. The van der Waals surface area contributed by atoms with Crippen LogP contribution in [0.1, 0.15) is 72.8 Å². The van der Waals surface area contributed by atoms with Crippen LogP contribution in [0.2, 0.25) is 0 Å². The second kappa shape index (κ2) is 22.6. The Morgan fingerprint density at radius 3 is 1.95 bits per heavy atom. The number of carbonyl (C=O) groups is 7. The molecule has 0 aliphatic carbocycles. The van der Waals surface area contributed by atoms with Crippen molar-refractivity contribution in [3.63, 3.8) is 0 Å². The Labute approximate surface area is 326 Å². The Morgan fingerprint density at radius 1 is 0.782 bits per heavy atom. The average Bonchev–Trinajstić information content (AvgIpc) is 3.53. The molecule has 18 heteroatoms. The number of nitrogens with two attached hydrogens (primary N) is 3. The number of aromatic amines is 1.